The van der Waals surface area contributed by atoms with Gasteiger partial charge in [-0.1, -0.05) is 40.2 Å². The van der Waals surface area contributed by atoms with Crippen LogP contribution in [-0.2, 0) is 0 Å². The van der Waals surface area contributed by atoms with Crippen molar-refractivity contribution in [2.24, 2.45) is 0 Å². The molecule has 0 bridgehead atoms. The molecule has 0 N–H and O–H groups in total. The van der Waals surface area contributed by atoms with E-state index in [9.17, 15) is 0 Å². The third kappa shape index (κ3) is 1.95. The van der Waals surface area contributed by atoms with Crippen LogP contribution >= 0.6 is 15.9 Å². The maximum absolute atomic E-state index is 4.44. The van der Waals surface area contributed by atoms with E-state index < -0.39 is 0 Å². The zero-order chi connectivity index (χ0) is 12.5. The molecule has 2 nitrogen and oxygen atoms in total. The zero-order valence-corrected chi connectivity index (χ0v) is 11.6. The summed E-state index contributed by atoms with van der Waals surface area (Å²) in [4.78, 5) is 4.44. The first-order chi connectivity index (χ1) is 8.75. The summed E-state index contributed by atoms with van der Waals surface area (Å²) in [5.74, 6) is 0. The minimum Gasteiger partial charge on any atom is -0.323 e. The van der Waals surface area contributed by atoms with Crippen molar-refractivity contribution in [3.8, 4) is 0 Å². The van der Waals surface area contributed by atoms with Gasteiger partial charge in [0.25, 0.3) is 0 Å². The number of para-hydroxylation sites is 2. The summed E-state index contributed by atoms with van der Waals surface area (Å²) in [6.07, 6.45) is 1.91. The predicted molar refractivity (Wildman–Crippen MR) is 77.7 cm³/mol. The normalized spacial score (nSPS) is 12.8. The van der Waals surface area contributed by atoms with Crippen LogP contribution in [0, 0.1) is 0 Å². The molecule has 0 saturated heterocycles. The molecule has 0 saturated carbocycles. The van der Waals surface area contributed by atoms with E-state index in [0.29, 0.717) is 0 Å². The molecule has 0 radical (unpaired) electrons. The fourth-order valence-corrected chi connectivity index (χ4v) is 2.45. The van der Waals surface area contributed by atoms with E-state index in [-0.39, 0.29) is 6.04 Å². The molecule has 2 aromatic carbocycles. The maximum Gasteiger partial charge on any atom is 0.0964 e. The Hall–Kier alpha value is -1.61. The Labute approximate surface area is 114 Å². The molecule has 0 spiro atoms. The summed E-state index contributed by atoms with van der Waals surface area (Å²) in [5, 5.41) is 0. The van der Waals surface area contributed by atoms with Gasteiger partial charge in [-0.3, -0.25) is 0 Å². The van der Waals surface area contributed by atoms with E-state index in [1.165, 1.54) is 11.1 Å². The third-order valence-corrected chi connectivity index (χ3v) is 3.78. The molecule has 90 valence electrons. The number of nitrogens with zero attached hydrogens (tertiary/aromatic N) is 2. The summed E-state index contributed by atoms with van der Waals surface area (Å²) in [6, 6.07) is 16.9. The molecule has 1 atom stereocenters. The Morgan fingerprint density at radius 1 is 1.06 bits per heavy atom. The van der Waals surface area contributed by atoms with E-state index in [1.807, 2.05) is 18.5 Å². The quantitative estimate of drug-likeness (QED) is 0.685. The molecule has 0 fully saturated rings. The summed E-state index contributed by atoms with van der Waals surface area (Å²) < 4.78 is 3.31. The second kappa shape index (κ2) is 4.58. The van der Waals surface area contributed by atoms with Crippen molar-refractivity contribution in [2.45, 2.75) is 13.0 Å². The minimum atomic E-state index is 0.283. The third-order valence-electron chi connectivity index (χ3n) is 3.25. The van der Waals surface area contributed by atoms with Crippen molar-refractivity contribution in [1.29, 1.82) is 0 Å². The Balaban J connectivity index is 2.06. The molecule has 1 aromatic heterocycles. The molecule has 1 heterocycles. The molecule has 0 aliphatic rings. The summed E-state index contributed by atoms with van der Waals surface area (Å²) in [5.41, 5.74) is 3.50. The average molecular weight is 301 g/mol. The van der Waals surface area contributed by atoms with Gasteiger partial charge in [0.2, 0.25) is 0 Å². The molecule has 3 rings (SSSR count). The van der Waals surface area contributed by atoms with Gasteiger partial charge in [0.15, 0.2) is 0 Å². The number of hydrogen-bond donors (Lipinski definition) is 0. The summed E-state index contributed by atoms with van der Waals surface area (Å²) in [7, 11) is 0. The van der Waals surface area contributed by atoms with E-state index >= 15 is 0 Å². The highest BCUT2D eigenvalue weighted by atomic mass is 79.9. The fraction of sp³-hybridized carbons (Fsp3) is 0.133. The van der Waals surface area contributed by atoms with Gasteiger partial charge in [0.05, 0.1) is 23.4 Å². The van der Waals surface area contributed by atoms with E-state index in [2.05, 4.69) is 68.8 Å². The molecule has 0 aliphatic carbocycles. The molecule has 0 aliphatic heterocycles. The van der Waals surface area contributed by atoms with Crippen molar-refractivity contribution >= 4 is 27.0 Å². The average Bonchev–Trinajstić information content (AvgIpc) is 2.82. The van der Waals surface area contributed by atoms with Gasteiger partial charge in [0.1, 0.15) is 0 Å². The topological polar surface area (TPSA) is 17.8 Å². The van der Waals surface area contributed by atoms with Gasteiger partial charge in [-0.2, -0.15) is 0 Å². The number of fused-ring (bicyclic) bond motifs is 1. The Morgan fingerprint density at radius 2 is 1.78 bits per heavy atom. The van der Waals surface area contributed by atoms with Crippen LogP contribution in [0.1, 0.15) is 18.5 Å². The number of halogens is 1. The molecular formula is C15H13BrN2. The number of aromatic nitrogens is 2. The highest BCUT2D eigenvalue weighted by Gasteiger charge is 2.10. The van der Waals surface area contributed by atoms with Crippen LogP contribution in [0.15, 0.2) is 59.3 Å². The van der Waals surface area contributed by atoms with Gasteiger partial charge in [0, 0.05) is 4.47 Å². The van der Waals surface area contributed by atoms with Gasteiger partial charge in [-0.15, -0.1) is 0 Å². The van der Waals surface area contributed by atoms with Crippen molar-refractivity contribution in [3.05, 3.63) is 64.9 Å². The lowest BCUT2D eigenvalue weighted by molar-refractivity contribution is 0.658. The first-order valence-electron chi connectivity index (χ1n) is 5.93. The van der Waals surface area contributed by atoms with Crippen LogP contribution in [0.25, 0.3) is 11.0 Å². The van der Waals surface area contributed by atoms with Gasteiger partial charge < -0.3 is 4.57 Å². The van der Waals surface area contributed by atoms with Gasteiger partial charge >= 0.3 is 0 Å². The van der Waals surface area contributed by atoms with Crippen molar-refractivity contribution in [1.82, 2.24) is 9.55 Å². The second-order valence-corrected chi connectivity index (χ2v) is 5.28. The highest BCUT2D eigenvalue weighted by molar-refractivity contribution is 9.10. The largest absolute Gasteiger partial charge is 0.323 e. The van der Waals surface area contributed by atoms with Gasteiger partial charge in [-0.25, -0.2) is 4.98 Å². The van der Waals surface area contributed by atoms with Crippen molar-refractivity contribution < 1.29 is 0 Å². The number of benzene rings is 2. The van der Waals surface area contributed by atoms with E-state index in [1.54, 1.807) is 0 Å². The number of hydrogen-bond acceptors (Lipinski definition) is 1. The van der Waals surface area contributed by atoms with Crippen LogP contribution in [0.2, 0.25) is 0 Å². The summed E-state index contributed by atoms with van der Waals surface area (Å²) >= 11 is 3.46. The first-order valence-corrected chi connectivity index (χ1v) is 6.72. The van der Waals surface area contributed by atoms with Crippen LogP contribution < -0.4 is 0 Å². The molecule has 18 heavy (non-hydrogen) atoms. The maximum atomic E-state index is 4.44. The Kier molecular flexibility index (Phi) is 2.92. The van der Waals surface area contributed by atoms with Gasteiger partial charge in [-0.05, 0) is 36.8 Å². The SMILES string of the molecule is CC(c1ccc(Br)cc1)n1cnc2ccccc21. The van der Waals surface area contributed by atoms with Crippen LogP contribution in [0.5, 0.6) is 0 Å². The van der Waals surface area contributed by atoms with E-state index in [4.69, 9.17) is 0 Å². The standard InChI is InChI=1S/C15H13BrN2/c1-11(12-6-8-13(16)9-7-12)18-10-17-14-4-2-3-5-15(14)18/h2-11H,1H3. The minimum absolute atomic E-state index is 0.283. The van der Waals surface area contributed by atoms with Crippen LogP contribution in [0.3, 0.4) is 0 Å². The number of imidazole rings is 1. The predicted octanol–water partition coefficient (Wildman–Crippen LogP) is 4.41. The monoisotopic (exact) mass is 300 g/mol. The molecular weight excluding hydrogens is 288 g/mol. The fourth-order valence-electron chi connectivity index (χ4n) is 2.19. The molecule has 1 unspecified atom stereocenters. The Morgan fingerprint density at radius 3 is 2.56 bits per heavy atom. The van der Waals surface area contributed by atoms with Crippen molar-refractivity contribution in [2.75, 3.05) is 0 Å². The molecule has 0 amide bonds. The first kappa shape index (κ1) is 11.5. The smallest absolute Gasteiger partial charge is 0.0964 e. The lowest BCUT2D eigenvalue weighted by Gasteiger charge is -2.15. The van der Waals surface area contributed by atoms with Crippen molar-refractivity contribution in [3.63, 3.8) is 0 Å². The van der Waals surface area contributed by atoms with Crippen LogP contribution in [-0.4, -0.2) is 9.55 Å². The van der Waals surface area contributed by atoms with E-state index in [0.717, 1.165) is 9.99 Å². The second-order valence-electron chi connectivity index (χ2n) is 4.37. The lowest BCUT2D eigenvalue weighted by atomic mass is 10.1. The Bertz CT molecular complexity index is 670. The summed E-state index contributed by atoms with van der Waals surface area (Å²) in [6.45, 7) is 2.19. The molecule has 3 heteroatoms. The lowest BCUT2D eigenvalue weighted by Crippen LogP contribution is -2.04. The molecule has 3 aromatic rings. The highest BCUT2D eigenvalue weighted by Crippen LogP contribution is 2.24. The van der Waals surface area contributed by atoms with Crippen LogP contribution in [0.4, 0.5) is 0 Å². The number of rotatable bonds is 2. The zero-order valence-electron chi connectivity index (χ0n) is 10.0.